The highest BCUT2D eigenvalue weighted by molar-refractivity contribution is 7.99. The SMILES string of the molecule is O=C(CSc1nc2ccccc2c2nc3ccccc3n12)Nc1cccc(C(=O)NC2CC2)c1. The van der Waals surface area contributed by atoms with Crippen LogP contribution in [-0.4, -0.2) is 38.0 Å². The summed E-state index contributed by atoms with van der Waals surface area (Å²) in [5.74, 6) is -0.106. The second-order valence-electron chi connectivity index (χ2n) is 8.34. The van der Waals surface area contributed by atoms with Gasteiger partial charge >= 0.3 is 0 Å². The summed E-state index contributed by atoms with van der Waals surface area (Å²) in [6, 6.07) is 23.1. The van der Waals surface area contributed by atoms with Gasteiger partial charge in [0.2, 0.25) is 5.91 Å². The number of nitrogens with one attached hydrogen (secondary N) is 2. The van der Waals surface area contributed by atoms with E-state index in [2.05, 4.69) is 10.6 Å². The van der Waals surface area contributed by atoms with Gasteiger partial charge in [-0.15, -0.1) is 0 Å². The maximum atomic E-state index is 12.8. The number of amides is 2. The number of aromatic nitrogens is 3. The Bertz CT molecular complexity index is 1570. The van der Waals surface area contributed by atoms with Gasteiger partial charge in [0.05, 0.1) is 22.3 Å². The predicted octanol–water partition coefficient (Wildman–Crippen LogP) is 4.66. The Labute approximate surface area is 199 Å². The van der Waals surface area contributed by atoms with Gasteiger partial charge in [-0.1, -0.05) is 42.1 Å². The van der Waals surface area contributed by atoms with Gasteiger partial charge in [-0.25, -0.2) is 9.97 Å². The molecule has 0 spiro atoms. The highest BCUT2D eigenvalue weighted by Gasteiger charge is 2.24. The Morgan fingerprint density at radius 3 is 2.59 bits per heavy atom. The third kappa shape index (κ3) is 3.97. The number of rotatable bonds is 6. The molecule has 1 saturated carbocycles. The van der Waals surface area contributed by atoms with Crippen LogP contribution in [0.5, 0.6) is 0 Å². The van der Waals surface area contributed by atoms with Crippen molar-refractivity contribution >= 4 is 56.8 Å². The highest BCUT2D eigenvalue weighted by Crippen LogP contribution is 2.29. The van der Waals surface area contributed by atoms with Crippen molar-refractivity contribution in [3.63, 3.8) is 0 Å². The maximum Gasteiger partial charge on any atom is 0.251 e. The first-order valence-electron chi connectivity index (χ1n) is 11.2. The zero-order valence-corrected chi connectivity index (χ0v) is 19.0. The van der Waals surface area contributed by atoms with E-state index in [0.717, 1.165) is 40.4 Å². The molecule has 1 fully saturated rings. The van der Waals surface area contributed by atoms with Crippen LogP contribution in [-0.2, 0) is 4.79 Å². The molecule has 0 bridgehead atoms. The molecule has 168 valence electrons. The molecule has 8 heteroatoms. The lowest BCUT2D eigenvalue weighted by molar-refractivity contribution is -0.113. The van der Waals surface area contributed by atoms with Crippen LogP contribution in [0.1, 0.15) is 23.2 Å². The topological polar surface area (TPSA) is 88.4 Å². The number of para-hydroxylation sites is 3. The van der Waals surface area contributed by atoms with Crippen LogP contribution in [0.4, 0.5) is 5.69 Å². The van der Waals surface area contributed by atoms with Gasteiger partial charge in [0.25, 0.3) is 5.91 Å². The predicted molar refractivity (Wildman–Crippen MR) is 134 cm³/mol. The number of benzene rings is 3. The molecule has 5 aromatic rings. The molecule has 6 rings (SSSR count). The quantitative estimate of drug-likeness (QED) is 0.280. The molecule has 2 amide bonds. The van der Waals surface area contributed by atoms with Crippen LogP contribution in [0.3, 0.4) is 0 Å². The Morgan fingerprint density at radius 2 is 1.74 bits per heavy atom. The third-order valence-corrected chi connectivity index (χ3v) is 6.71. The molecule has 34 heavy (non-hydrogen) atoms. The van der Waals surface area contributed by atoms with Gasteiger partial charge in [0.15, 0.2) is 5.16 Å². The van der Waals surface area contributed by atoms with Crippen molar-refractivity contribution in [2.45, 2.75) is 24.0 Å². The fraction of sp³-hybridized carbons (Fsp3) is 0.154. The third-order valence-electron chi connectivity index (χ3n) is 5.77. The van der Waals surface area contributed by atoms with E-state index in [9.17, 15) is 9.59 Å². The largest absolute Gasteiger partial charge is 0.349 e. The molecule has 0 radical (unpaired) electrons. The smallest absolute Gasteiger partial charge is 0.251 e. The lowest BCUT2D eigenvalue weighted by Gasteiger charge is -2.10. The van der Waals surface area contributed by atoms with E-state index in [4.69, 9.17) is 9.97 Å². The van der Waals surface area contributed by atoms with E-state index in [1.165, 1.54) is 11.8 Å². The van der Waals surface area contributed by atoms with Gasteiger partial charge < -0.3 is 10.6 Å². The van der Waals surface area contributed by atoms with Crippen LogP contribution >= 0.6 is 11.8 Å². The average molecular weight is 468 g/mol. The molecule has 7 nitrogen and oxygen atoms in total. The second-order valence-corrected chi connectivity index (χ2v) is 9.28. The molecule has 2 heterocycles. The lowest BCUT2D eigenvalue weighted by Crippen LogP contribution is -2.25. The van der Waals surface area contributed by atoms with E-state index < -0.39 is 0 Å². The first kappa shape index (κ1) is 20.7. The van der Waals surface area contributed by atoms with Crippen molar-refractivity contribution in [3.8, 4) is 0 Å². The Balaban J connectivity index is 1.25. The van der Waals surface area contributed by atoms with Crippen LogP contribution in [0.2, 0.25) is 0 Å². The first-order valence-corrected chi connectivity index (χ1v) is 12.1. The number of anilines is 1. The zero-order valence-electron chi connectivity index (χ0n) is 18.2. The highest BCUT2D eigenvalue weighted by atomic mass is 32.2. The van der Waals surface area contributed by atoms with Crippen molar-refractivity contribution in [2.24, 2.45) is 0 Å². The van der Waals surface area contributed by atoms with Crippen LogP contribution in [0.15, 0.2) is 78.0 Å². The van der Waals surface area contributed by atoms with Crippen molar-refractivity contribution in [1.29, 1.82) is 0 Å². The zero-order chi connectivity index (χ0) is 23.1. The number of hydrogen-bond donors (Lipinski definition) is 2. The van der Waals surface area contributed by atoms with Gasteiger partial charge in [-0.2, -0.15) is 0 Å². The summed E-state index contributed by atoms with van der Waals surface area (Å²) in [5.41, 5.74) is 4.63. The number of carbonyl (C=O) groups is 2. The van der Waals surface area contributed by atoms with Crippen molar-refractivity contribution < 1.29 is 9.59 Å². The molecule has 0 atom stereocenters. The molecule has 1 aliphatic rings. The van der Waals surface area contributed by atoms with Gasteiger partial charge in [0.1, 0.15) is 5.65 Å². The summed E-state index contributed by atoms with van der Waals surface area (Å²) in [4.78, 5) is 34.7. The molecule has 0 aliphatic heterocycles. The number of nitrogens with zero attached hydrogens (tertiary/aromatic N) is 3. The lowest BCUT2D eigenvalue weighted by atomic mass is 10.2. The molecule has 1 aliphatic carbocycles. The molecule has 0 saturated heterocycles. The van der Waals surface area contributed by atoms with Crippen molar-refractivity contribution in [1.82, 2.24) is 19.7 Å². The van der Waals surface area contributed by atoms with Crippen molar-refractivity contribution in [3.05, 3.63) is 78.4 Å². The summed E-state index contributed by atoms with van der Waals surface area (Å²) >= 11 is 1.36. The number of thioether (sulfide) groups is 1. The van der Waals surface area contributed by atoms with Crippen LogP contribution in [0, 0.1) is 0 Å². The van der Waals surface area contributed by atoms with Gasteiger partial charge in [-0.05, 0) is 55.3 Å². The van der Waals surface area contributed by atoms with Crippen LogP contribution < -0.4 is 10.6 Å². The summed E-state index contributed by atoms with van der Waals surface area (Å²) in [7, 11) is 0. The fourth-order valence-electron chi connectivity index (χ4n) is 3.97. The van der Waals surface area contributed by atoms with E-state index in [1.54, 1.807) is 24.3 Å². The monoisotopic (exact) mass is 467 g/mol. The number of fused-ring (bicyclic) bond motifs is 5. The van der Waals surface area contributed by atoms with E-state index >= 15 is 0 Å². The van der Waals surface area contributed by atoms with Crippen LogP contribution in [0.25, 0.3) is 27.6 Å². The van der Waals surface area contributed by atoms with E-state index in [-0.39, 0.29) is 23.6 Å². The Hall–Kier alpha value is -3.91. The van der Waals surface area contributed by atoms with Gasteiger partial charge in [-0.3, -0.25) is 14.0 Å². The first-order chi connectivity index (χ1) is 16.7. The maximum absolute atomic E-state index is 12.8. The molecule has 0 unspecified atom stereocenters. The minimum atomic E-state index is -0.169. The Kier molecular flexibility index (Phi) is 5.15. The average Bonchev–Trinajstić information content (AvgIpc) is 3.58. The fourth-order valence-corrected chi connectivity index (χ4v) is 4.78. The summed E-state index contributed by atoms with van der Waals surface area (Å²) in [5, 5.41) is 7.54. The Morgan fingerprint density at radius 1 is 0.941 bits per heavy atom. The minimum absolute atomic E-state index is 0.109. The second kappa shape index (κ2) is 8.46. The van der Waals surface area contributed by atoms with Gasteiger partial charge in [0, 0.05) is 22.7 Å². The molecule has 2 aromatic heterocycles. The molecular formula is C26H21N5O2S. The standard InChI is InChI=1S/C26H21N5O2S/c32-23(27-18-7-5-6-16(14-18)25(33)28-17-12-13-17)15-34-26-30-20-9-2-1-8-19(20)24-29-21-10-3-4-11-22(21)31(24)26/h1-11,14,17H,12-13,15H2,(H,27,32)(H,28,33). The molecular weight excluding hydrogens is 446 g/mol. The van der Waals surface area contributed by atoms with E-state index in [0.29, 0.717) is 16.4 Å². The number of imidazole rings is 1. The molecule has 2 N–H and O–H groups in total. The number of carbonyl (C=O) groups excluding carboxylic acids is 2. The van der Waals surface area contributed by atoms with Crippen molar-refractivity contribution in [2.75, 3.05) is 11.1 Å². The number of hydrogen-bond acceptors (Lipinski definition) is 5. The minimum Gasteiger partial charge on any atom is -0.349 e. The summed E-state index contributed by atoms with van der Waals surface area (Å²) in [6.45, 7) is 0. The summed E-state index contributed by atoms with van der Waals surface area (Å²) in [6.07, 6.45) is 2.06. The van der Waals surface area contributed by atoms with E-state index in [1.807, 2.05) is 52.9 Å². The molecule has 3 aromatic carbocycles. The normalized spacial score (nSPS) is 13.4. The summed E-state index contributed by atoms with van der Waals surface area (Å²) < 4.78 is 2.01.